The predicted molar refractivity (Wildman–Crippen MR) is 121 cm³/mol. The molecule has 7 nitrogen and oxygen atoms in total. The van der Waals surface area contributed by atoms with Crippen LogP contribution in [0.4, 0.5) is 11.4 Å². The first kappa shape index (κ1) is 21.9. The van der Waals surface area contributed by atoms with Crippen molar-refractivity contribution in [2.45, 2.75) is 25.2 Å². The summed E-state index contributed by atoms with van der Waals surface area (Å²) in [6, 6.07) is 10.3. The first-order chi connectivity index (χ1) is 14.9. The van der Waals surface area contributed by atoms with Gasteiger partial charge in [-0.1, -0.05) is 11.6 Å². The third-order valence-electron chi connectivity index (χ3n) is 5.64. The van der Waals surface area contributed by atoms with Crippen LogP contribution < -0.4 is 14.4 Å². The lowest BCUT2D eigenvalue weighted by Gasteiger charge is -2.23. The number of halogens is 1. The molecule has 2 heterocycles. The number of anilines is 2. The summed E-state index contributed by atoms with van der Waals surface area (Å²) in [7, 11) is -1.77. The average molecular weight is 465 g/mol. The van der Waals surface area contributed by atoms with Crippen molar-refractivity contribution in [3.05, 3.63) is 52.5 Å². The van der Waals surface area contributed by atoms with Crippen molar-refractivity contribution in [1.29, 1.82) is 0 Å². The minimum absolute atomic E-state index is 0.106. The maximum Gasteiger partial charge on any atom is 0.257 e. The number of methoxy groups -OCH3 is 1. The van der Waals surface area contributed by atoms with Crippen LogP contribution >= 0.6 is 11.6 Å². The fraction of sp³-hybridized carbons (Fsp3) is 0.409. The van der Waals surface area contributed by atoms with E-state index >= 15 is 0 Å². The molecule has 0 aliphatic carbocycles. The Kier molecular flexibility index (Phi) is 6.41. The Labute approximate surface area is 187 Å². The molecule has 1 unspecified atom stereocenters. The maximum atomic E-state index is 13.0. The topological polar surface area (TPSA) is 84.9 Å². The van der Waals surface area contributed by atoms with E-state index in [1.807, 2.05) is 12.1 Å². The van der Waals surface area contributed by atoms with E-state index in [0.717, 1.165) is 25.0 Å². The van der Waals surface area contributed by atoms with Crippen LogP contribution in [-0.2, 0) is 14.8 Å². The third-order valence-corrected chi connectivity index (χ3v) is 7.84. The van der Waals surface area contributed by atoms with Crippen LogP contribution in [0.1, 0.15) is 41.1 Å². The highest BCUT2D eigenvalue weighted by Gasteiger charge is 2.29. The number of nitrogens with zero attached hydrogens (tertiary/aromatic N) is 1. The average Bonchev–Trinajstić information content (AvgIpc) is 3.13. The highest BCUT2D eigenvalue weighted by molar-refractivity contribution is 7.93. The highest BCUT2D eigenvalue weighted by Crippen LogP contribution is 2.32. The standard InChI is InChI=1S/C22H25ClN2O5S/c1-29-19-11-16(15-4-2-8-30-14-15)10-17(12-19)24-22(26)20-13-18(5-6-21(20)23)25-7-3-9-31(25,27)28/h5-6,10-13,15H,2-4,7-9,14H2,1H3,(H,24,26). The van der Waals surface area contributed by atoms with Gasteiger partial charge in [0.15, 0.2) is 0 Å². The van der Waals surface area contributed by atoms with Gasteiger partial charge >= 0.3 is 0 Å². The Bertz CT molecular complexity index is 1080. The molecule has 1 atom stereocenters. The summed E-state index contributed by atoms with van der Waals surface area (Å²) in [4.78, 5) is 13.0. The van der Waals surface area contributed by atoms with E-state index in [2.05, 4.69) is 5.32 Å². The van der Waals surface area contributed by atoms with Crippen LogP contribution in [-0.4, -0.2) is 46.9 Å². The van der Waals surface area contributed by atoms with Gasteiger partial charge in [0.2, 0.25) is 10.0 Å². The number of carbonyl (C=O) groups excluding carboxylic acids is 1. The van der Waals surface area contributed by atoms with E-state index in [4.69, 9.17) is 21.1 Å². The molecule has 2 aromatic carbocycles. The molecule has 4 rings (SSSR count). The van der Waals surface area contributed by atoms with Gasteiger partial charge in [-0.25, -0.2) is 8.42 Å². The number of sulfonamides is 1. The van der Waals surface area contributed by atoms with Crippen LogP contribution in [0.2, 0.25) is 5.02 Å². The summed E-state index contributed by atoms with van der Waals surface area (Å²) in [5, 5.41) is 3.13. The first-order valence-electron chi connectivity index (χ1n) is 10.3. The number of nitrogens with one attached hydrogen (secondary N) is 1. The molecule has 0 aromatic heterocycles. The fourth-order valence-electron chi connectivity index (χ4n) is 4.02. The zero-order valence-electron chi connectivity index (χ0n) is 17.3. The van der Waals surface area contributed by atoms with Gasteiger partial charge in [-0.05, 0) is 55.2 Å². The molecule has 166 valence electrons. The van der Waals surface area contributed by atoms with Crippen LogP contribution in [0, 0.1) is 0 Å². The summed E-state index contributed by atoms with van der Waals surface area (Å²) < 4.78 is 36.8. The van der Waals surface area contributed by atoms with Gasteiger partial charge < -0.3 is 14.8 Å². The Morgan fingerprint density at radius 3 is 2.74 bits per heavy atom. The second-order valence-electron chi connectivity index (χ2n) is 7.77. The zero-order chi connectivity index (χ0) is 22.0. The van der Waals surface area contributed by atoms with Gasteiger partial charge in [0.1, 0.15) is 5.75 Å². The Hall–Kier alpha value is -2.29. The van der Waals surface area contributed by atoms with E-state index in [-0.39, 0.29) is 22.3 Å². The fourth-order valence-corrected chi connectivity index (χ4v) is 5.78. The van der Waals surface area contributed by atoms with Crippen molar-refractivity contribution in [1.82, 2.24) is 0 Å². The van der Waals surface area contributed by atoms with Gasteiger partial charge in [-0.15, -0.1) is 0 Å². The molecule has 0 spiro atoms. The van der Waals surface area contributed by atoms with Crippen LogP contribution in [0.15, 0.2) is 36.4 Å². The summed E-state index contributed by atoms with van der Waals surface area (Å²) in [5.74, 6) is 0.574. The number of hydrogen-bond acceptors (Lipinski definition) is 5. The summed E-state index contributed by atoms with van der Waals surface area (Å²) in [5.41, 5.74) is 2.28. The number of carbonyl (C=O) groups is 1. The van der Waals surface area contributed by atoms with Crippen molar-refractivity contribution in [3.63, 3.8) is 0 Å². The smallest absolute Gasteiger partial charge is 0.257 e. The normalized spacial score (nSPS) is 20.5. The van der Waals surface area contributed by atoms with Gasteiger partial charge in [0, 0.05) is 30.8 Å². The van der Waals surface area contributed by atoms with Crippen LogP contribution in [0.5, 0.6) is 5.75 Å². The molecule has 0 bridgehead atoms. The number of benzene rings is 2. The predicted octanol–water partition coefficient (Wildman–Crippen LogP) is 4.03. The van der Waals surface area contributed by atoms with Gasteiger partial charge in [0.25, 0.3) is 5.91 Å². The van der Waals surface area contributed by atoms with Crippen molar-refractivity contribution in [2.75, 3.05) is 42.2 Å². The Morgan fingerprint density at radius 1 is 1.23 bits per heavy atom. The number of hydrogen-bond donors (Lipinski definition) is 1. The monoisotopic (exact) mass is 464 g/mol. The third kappa shape index (κ3) is 4.81. The quantitative estimate of drug-likeness (QED) is 0.722. The largest absolute Gasteiger partial charge is 0.497 e. The minimum atomic E-state index is -3.35. The number of rotatable bonds is 5. The van der Waals surface area contributed by atoms with Crippen molar-refractivity contribution < 1.29 is 22.7 Å². The molecule has 2 aliphatic heterocycles. The number of ether oxygens (including phenoxy) is 2. The summed E-state index contributed by atoms with van der Waals surface area (Å²) >= 11 is 6.28. The molecule has 2 saturated heterocycles. The van der Waals surface area contributed by atoms with E-state index in [1.165, 1.54) is 10.4 Å². The lowest BCUT2D eigenvalue weighted by Crippen LogP contribution is -2.25. The lowest BCUT2D eigenvalue weighted by atomic mass is 9.93. The maximum absolute atomic E-state index is 13.0. The molecule has 2 fully saturated rings. The van der Waals surface area contributed by atoms with Crippen molar-refractivity contribution in [2.24, 2.45) is 0 Å². The molecule has 0 radical (unpaired) electrons. The number of amides is 1. The Balaban J connectivity index is 1.60. The van der Waals surface area contributed by atoms with E-state index < -0.39 is 15.9 Å². The SMILES string of the molecule is COc1cc(NC(=O)c2cc(N3CCCS3(=O)=O)ccc2Cl)cc(C2CCCOC2)c1. The lowest BCUT2D eigenvalue weighted by molar-refractivity contribution is 0.0804. The second-order valence-corrected chi connectivity index (χ2v) is 10.2. The van der Waals surface area contributed by atoms with Crippen molar-refractivity contribution >= 4 is 38.9 Å². The highest BCUT2D eigenvalue weighted by atomic mass is 35.5. The summed E-state index contributed by atoms with van der Waals surface area (Å²) in [6.07, 6.45) is 2.56. The minimum Gasteiger partial charge on any atom is -0.497 e. The van der Waals surface area contributed by atoms with Gasteiger partial charge in [-0.2, -0.15) is 0 Å². The molecule has 31 heavy (non-hydrogen) atoms. The molecule has 1 N–H and O–H groups in total. The second kappa shape index (κ2) is 9.06. The molecule has 1 amide bonds. The van der Waals surface area contributed by atoms with E-state index in [9.17, 15) is 13.2 Å². The van der Waals surface area contributed by atoms with Gasteiger partial charge in [-0.3, -0.25) is 9.10 Å². The molecule has 0 saturated carbocycles. The van der Waals surface area contributed by atoms with E-state index in [0.29, 0.717) is 36.7 Å². The van der Waals surface area contributed by atoms with Crippen LogP contribution in [0.25, 0.3) is 0 Å². The zero-order valence-corrected chi connectivity index (χ0v) is 18.8. The van der Waals surface area contributed by atoms with Crippen LogP contribution in [0.3, 0.4) is 0 Å². The summed E-state index contributed by atoms with van der Waals surface area (Å²) in [6.45, 7) is 1.80. The molecule has 9 heteroatoms. The first-order valence-corrected chi connectivity index (χ1v) is 12.2. The molecule has 2 aliphatic rings. The van der Waals surface area contributed by atoms with Gasteiger partial charge in [0.05, 0.1) is 35.7 Å². The Morgan fingerprint density at radius 2 is 2.06 bits per heavy atom. The molecular formula is C22H25ClN2O5S. The van der Waals surface area contributed by atoms with E-state index in [1.54, 1.807) is 25.3 Å². The van der Waals surface area contributed by atoms with Crippen molar-refractivity contribution in [3.8, 4) is 5.75 Å². The molecular weight excluding hydrogens is 440 g/mol. The molecule has 2 aromatic rings.